The number of anilines is 1. The van der Waals surface area contributed by atoms with Crippen LogP contribution in [0.5, 0.6) is 0 Å². The molecule has 4 nitrogen and oxygen atoms in total. The highest BCUT2D eigenvalue weighted by atomic mass is 32.2. The van der Waals surface area contributed by atoms with Crippen molar-refractivity contribution in [1.82, 2.24) is 4.90 Å². The van der Waals surface area contributed by atoms with E-state index in [0.29, 0.717) is 6.42 Å². The molecule has 0 radical (unpaired) electrons. The van der Waals surface area contributed by atoms with E-state index in [9.17, 15) is 9.59 Å². The van der Waals surface area contributed by atoms with Crippen LogP contribution < -0.4 is 5.32 Å². The monoisotopic (exact) mass is 452 g/mol. The zero-order chi connectivity index (χ0) is 22.4. The molecule has 5 heteroatoms. The molecular weight excluding hydrogens is 428 g/mol. The average Bonchev–Trinajstić information content (AvgIpc) is 3.54. The first-order chi connectivity index (χ1) is 16.1. The molecule has 0 unspecified atom stereocenters. The van der Waals surface area contributed by atoms with E-state index in [1.165, 1.54) is 11.1 Å². The van der Waals surface area contributed by atoms with Gasteiger partial charge in [-0.25, -0.2) is 0 Å². The summed E-state index contributed by atoms with van der Waals surface area (Å²) in [4.78, 5) is 31.2. The number of thioether (sulfide) groups is 1. The number of carbonyl (C=O) groups excluding carboxylic acids is 2. The van der Waals surface area contributed by atoms with E-state index in [2.05, 4.69) is 53.5 Å². The zero-order valence-electron chi connectivity index (χ0n) is 18.4. The van der Waals surface area contributed by atoms with Gasteiger partial charge >= 0.3 is 0 Å². The first-order valence-electron chi connectivity index (χ1n) is 11.5. The van der Waals surface area contributed by atoms with Gasteiger partial charge in [0.2, 0.25) is 0 Å². The molecule has 3 aliphatic heterocycles. The summed E-state index contributed by atoms with van der Waals surface area (Å²) in [6.45, 7) is 2.13. The molecule has 2 spiro atoms. The predicted octanol–water partition coefficient (Wildman–Crippen LogP) is 4.74. The topological polar surface area (TPSA) is 49.4 Å². The van der Waals surface area contributed by atoms with Gasteiger partial charge in [0.1, 0.15) is 5.54 Å². The van der Waals surface area contributed by atoms with Crippen LogP contribution in [0.15, 0.2) is 72.8 Å². The zero-order valence-corrected chi connectivity index (χ0v) is 19.2. The fourth-order valence-electron chi connectivity index (χ4n) is 7.33. The van der Waals surface area contributed by atoms with Gasteiger partial charge in [-0.2, -0.15) is 0 Å². The molecule has 7 rings (SSSR count). The van der Waals surface area contributed by atoms with Crippen molar-refractivity contribution >= 4 is 29.1 Å². The fourth-order valence-corrected chi connectivity index (χ4v) is 8.63. The largest absolute Gasteiger partial charge is 0.324 e. The van der Waals surface area contributed by atoms with E-state index in [0.717, 1.165) is 34.0 Å². The number of Topliss-reactive ketones (excluding diaryl/α,β-unsaturated/α-hetero) is 1. The summed E-state index contributed by atoms with van der Waals surface area (Å²) in [5.74, 6) is 1.68. The second-order valence-electron chi connectivity index (χ2n) is 9.72. The molecule has 33 heavy (non-hydrogen) atoms. The van der Waals surface area contributed by atoms with E-state index in [1.807, 2.05) is 48.2 Å². The van der Waals surface area contributed by atoms with Gasteiger partial charge in [-0.05, 0) is 36.1 Å². The van der Waals surface area contributed by atoms with Gasteiger partial charge in [-0.3, -0.25) is 14.5 Å². The van der Waals surface area contributed by atoms with Crippen LogP contribution in [0.3, 0.4) is 0 Å². The van der Waals surface area contributed by atoms with Crippen molar-refractivity contribution in [1.29, 1.82) is 0 Å². The minimum atomic E-state index is -1.01. The smallest absolute Gasteiger partial charge is 0.250 e. The Labute approximate surface area is 197 Å². The highest BCUT2D eigenvalue weighted by molar-refractivity contribution is 7.99. The normalized spacial score (nSPS) is 31.8. The summed E-state index contributed by atoms with van der Waals surface area (Å²) in [5, 5.41) is 3.19. The first-order valence-corrected chi connectivity index (χ1v) is 12.7. The van der Waals surface area contributed by atoms with Crippen LogP contribution in [0.2, 0.25) is 0 Å². The Kier molecular flexibility index (Phi) is 3.90. The number of benzene rings is 3. The number of amides is 1. The molecule has 2 fully saturated rings. The number of para-hydroxylation sites is 1. The number of aryl methyl sites for hydroxylation is 1. The minimum Gasteiger partial charge on any atom is -0.324 e. The molecule has 3 aromatic rings. The maximum absolute atomic E-state index is 14.7. The summed E-state index contributed by atoms with van der Waals surface area (Å²) in [5.41, 5.74) is 4.13. The van der Waals surface area contributed by atoms with Gasteiger partial charge in [0.25, 0.3) is 5.91 Å². The van der Waals surface area contributed by atoms with Gasteiger partial charge < -0.3 is 5.32 Å². The fraction of sp³-hybridized carbons (Fsp3) is 0.286. The molecule has 1 aliphatic carbocycles. The lowest BCUT2D eigenvalue weighted by molar-refractivity contribution is -0.130. The Hall–Kier alpha value is -2.89. The predicted molar refractivity (Wildman–Crippen MR) is 131 cm³/mol. The third-order valence-electron chi connectivity index (χ3n) is 8.47. The molecular formula is C28H24N2O2S. The summed E-state index contributed by atoms with van der Waals surface area (Å²) in [6, 6.07) is 24.5. The molecule has 4 atom stereocenters. The SMILES string of the molecule is Cc1ccccc1[C@H]1[C@@H]2CSCN2[C@@]2(C(=O)Nc3ccccc32)[C@@]12Cc1ccccc1C2=O. The molecule has 2 saturated heterocycles. The third-order valence-corrected chi connectivity index (χ3v) is 9.50. The van der Waals surface area contributed by atoms with Crippen LogP contribution in [0, 0.1) is 12.3 Å². The standard InChI is InChI=1S/C28H24N2O2S/c1-17-8-2-4-10-19(17)24-23-15-33-16-30(23)28(21-12-6-7-13-22(21)29-26(28)32)27(24)14-18-9-3-5-11-20(18)25(27)31/h2-13,23-24H,14-16H2,1H3,(H,29,32)/t23-,24-,27-,28-/m0/s1. The lowest BCUT2D eigenvalue weighted by Crippen LogP contribution is -2.58. The van der Waals surface area contributed by atoms with Gasteiger partial charge in [-0.15, -0.1) is 11.8 Å². The highest BCUT2D eigenvalue weighted by Crippen LogP contribution is 2.70. The van der Waals surface area contributed by atoms with Crippen molar-refractivity contribution in [2.24, 2.45) is 5.41 Å². The second-order valence-corrected chi connectivity index (χ2v) is 10.7. The van der Waals surface area contributed by atoms with E-state index in [4.69, 9.17) is 0 Å². The van der Waals surface area contributed by atoms with Crippen molar-refractivity contribution in [2.75, 3.05) is 16.9 Å². The van der Waals surface area contributed by atoms with Crippen LogP contribution in [-0.2, 0) is 16.8 Å². The Morgan fingerprint density at radius 2 is 1.73 bits per heavy atom. The summed E-state index contributed by atoms with van der Waals surface area (Å²) in [6.07, 6.45) is 0.584. The van der Waals surface area contributed by atoms with Crippen LogP contribution in [-0.4, -0.2) is 34.3 Å². The number of nitrogens with zero attached hydrogens (tertiary/aromatic N) is 1. The molecule has 0 bridgehead atoms. The van der Waals surface area contributed by atoms with Crippen LogP contribution in [0.4, 0.5) is 5.69 Å². The lowest BCUT2D eigenvalue weighted by Gasteiger charge is -2.44. The molecule has 164 valence electrons. The molecule has 0 saturated carbocycles. The Bertz CT molecular complexity index is 1350. The Morgan fingerprint density at radius 1 is 0.970 bits per heavy atom. The number of ketones is 1. The van der Waals surface area contributed by atoms with Crippen molar-refractivity contribution in [2.45, 2.75) is 30.8 Å². The number of nitrogens with one attached hydrogen (secondary N) is 1. The molecule has 0 aromatic heterocycles. The first kappa shape index (κ1) is 19.6. The number of hydrogen-bond acceptors (Lipinski definition) is 4. The van der Waals surface area contributed by atoms with Gasteiger partial charge in [0.15, 0.2) is 5.78 Å². The molecule has 1 amide bonds. The van der Waals surface area contributed by atoms with Crippen molar-refractivity contribution < 1.29 is 9.59 Å². The van der Waals surface area contributed by atoms with Crippen LogP contribution in [0.1, 0.15) is 38.5 Å². The summed E-state index contributed by atoms with van der Waals surface area (Å²) < 4.78 is 0. The van der Waals surface area contributed by atoms with Gasteiger partial charge in [-0.1, -0.05) is 66.7 Å². The van der Waals surface area contributed by atoms with Crippen LogP contribution in [0.25, 0.3) is 0 Å². The number of carbonyl (C=O) groups is 2. The van der Waals surface area contributed by atoms with Crippen LogP contribution >= 0.6 is 11.8 Å². The summed E-state index contributed by atoms with van der Waals surface area (Å²) >= 11 is 1.87. The Balaban J connectivity index is 1.60. The maximum Gasteiger partial charge on any atom is 0.250 e. The number of hydrogen-bond donors (Lipinski definition) is 1. The third kappa shape index (κ3) is 2.13. The average molecular weight is 453 g/mol. The lowest BCUT2D eigenvalue weighted by atomic mass is 9.57. The van der Waals surface area contributed by atoms with Crippen molar-refractivity contribution in [3.05, 3.63) is 101 Å². The second kappa shape index (κ2) is 6.58. The van der Waals surface area contributed by atoms with Gasteiger partial charge in [0.05, 0.1) is 5.41 Å². The van der Waals surface area contributed by atoms with Gasteiger partial charge in [0, 0.05) is 40.4 Å². The molecule has 3 aromatic carbocycles. The van der Waals surface area contributed by atoms with Crippen molar-refractivity contribution in [3.63, 3.8) is 0 Å². The van der Waals surface area contributed by atoms with E-state index in [1.54, 1.807) is 0 Å². The van der Waals surface area contributed by atoms with Crippen molar-refractivity contribution in [3.8, 4) is 0 Å². The van der Waals surface area contributed by atoms with E-state index >= 15 is 0 Å². The summed E-state index contributed by atoms with van der Waals surface area (Å²) in [7, 11) is 0. The quantitative estimate of drug-likeness (QED) is 0.579. The van der Waals surface area contributed by atoms with E-state index < -0.39 is 11.0 Å². The number of fused-ring (bicyclic) bond motifs is 6. The molecule has 1 N–H and O–H groups in total. The van der Waals surface area contributed by atoms with E-state index in [-0.39, 0.29) is 23.7 Å². The molecule has 3 heterocycles. The minimum absolute atomic E-state index is 0.0477. The maximum atomic E-state index is 14.7. The number of rotatable bonds is 1. The Morgan fingerprint density at radius 3 is 2.58 bits per heavy atom. The highest BCUT2D eigenvalue weighted by Gasteiger charge is 2.78. The molecule has 4 aliphatic rings.